The van der Waals surface area contributed by atoms with Crippen molar-refractivity contribution in [3.63, 3.8) is 0 Å². The number of nitrogens with two attached hydrogens (primary N) is 1. The molecule has 50 heavy (non-hydrogen) atoms. The molecule has 4 N–H and O–H groups in total. The van der Waals surface area contributed by atoms with Crippen LogP contribution in [0.25, 0.3) is 21.9 Å². The molecule has 0 spiro atoms. The molecule has 0 bridgehead atoms. The Balaban J connectivity index is 1.27. The molecule has 3 heterocycles. The molecular formula is C34H38FN6O8P. The number of imidazole rings is 1. The normalized spacial score (nSPS) is 22.4. The third-order valence-corrected chi connectivity index (χ3v) is 9.88. The van der Waals surface area contributed by atoms with Gasteiger partial charge < -0.3 is 29.6 Å². The minimum Gasteiger partial charge on any atom is -0.479 e. The fourth-order valence-corrected chi connectivity index (χ4v) is 7.39. The van der Waals surface area contributed by atoms with Gasteiger partial charge >= 0.3 is 13.7 Å². The van der Waals surface area contributed by atoms with Gasteiger partial charge in [-0.25, -0.2) is 13.9 Å². The number of carbonyl (C=O) groups is 1. The van der Waals surface area contributed by atoms with Crippen molar-refractivity contribution >= 4 is 41.6 Å². The molecule has 6 rings (SSSR count). The highest BCUT2D eigenvalue weighted by atomic mass is 31.2. The number of alkyl halides is 1. The van der Waals surface area contributed by atoms with Gasteiger partial charge in [-0.15, -0.1) is 0 Å². The van der Waals surface area contributed by atoms with Crippen molar-refractivity contribution < 1.29 is 42.1 Å². The summed E-state index contributed by atoms with van der Waals surface area (Å²) in [6, 6.07) is 20.4. The van der Waals surface area contributed by atoms with Gasteiger partial charge in [0.25, 0.3) is 0 Å². The Kier molecular flexibility index (Phi) is 10.1. The molecule has 16 heteroatoms. The molecule has 0 aliphatic carbocycles. The summed E-state index contributed by atoms with van der Waals surface area (Å²) in [5.41, 5.74) is 4.83. The molecule has 14 nitrogen and oxygen atoms in total. The number of hydrogen-bond acceptors (Lipinski definition) is 12. The average molecular weight is 709 g/mol. The van der Waals surface area contributed by atoms with E-state index in [1.807, 2.05) is 48.5 Å². The summed E-state index contributed by atoms with van der Waals surface area (Å²) in [4.78, 5) is 25.8. The second-order valence-corrected chi connectivity index (χ2v) is 14.1. The summed E-state index contributed by atoms with van der Waals surface area (Å²) in [6.07, 6.45) is -3.57. The molecule has 1 unspecified atom stereocenters. The van der Waals surface area contributed by atoms with E-state index in [1.54, 1.807) is 38.1 Å². The molecule has 264 valence electrons. The van der Waals surface area contributed by atoms with E-state index in [1.165, 1.54) is 24.9 Å². The number of esters is 1. The quantitative estimate of drug-likeness (QED) is 0.108. The average Bonchev–Trinajstić information content (AvgIpc) is 3.62. The molecule has 0 amide bonds. The highest BCUT2D eigenvalue weighted by Crippen LogP contribution is 2.49. The molecular weight excluding hydrogens is 670 g/mol. The number of fused-ring (bicyclic) bond motifs is 2. The number of ether oxygens (including phenoxy) is 3. The van der Waals surface area contributed by atoms with Gasteiger partial charge in [0.05, 0.1) is 20.0 Å². The first-order valence-corrected chi connectivity index (χ1v) is 17.4. The largest absolute Gasteiger partial charge is 0.479 e. The lowest BCUT2D eigenvalue weighted by molar-refractivity contribution is -0.148. The number of methoxy groups -OCH3 is 1. The Hall–Kier alpha value is -4.66. The third kappa shape index (κ3) is 7.14. The molecule has 1 aliphatic heterocycles. The lowest BCUT2D eigenvalue weighted by Gasteiger charge is -2.28. The fourth-order valence-electron chi connectivity index (χ4n) is 5.71. The molecule has 0 saturated carbocycles. The number of nitrogens with zero attached hydrogens (tertiary/aromatic N) is 4. The number of aromatic nitrogens is 4. The zero-order valence-corrected chi connectivity index (χ0v) is 28.7. The maximum atomic E-state index is 16.0. The van der Waals surface area contributed by atoms with Crippen LogP contribution in [-0.2, 0) is 30.0 Å². The Morgan fingerprint density at radius 3 is 2.58 bits per heavy atom. The maximum Gasteiger partial charge on any atom is 0.459 e. The van der Waals surface area contributed by atoms with Gasteiger partial charge in [-0.1, -0.05) is 80.6 Å². The van der Waals surface area contributed by atoms with E-state index in [4.69, 9.17) is 29.0 Å². The van der Waals surface area contributed by atoms with Crippen LogP contribution in [-0.4, -0.2) is 68.2 Å². The number of anilines is 1. The zero-order chi connectivity index (χ0) is 35.6. The van der Waals surface area contributed by atoms with Crippen molar-refractivity contribution in [1.82, 2.24) is 24.6 Å². The first-order chi connectivity index (χ1) is 23.9. The van der Waals surface area contributed by atoms with Gasteiger partial charge in [0.1, 0.15) is 30.1 Å². The standard InChI is InChI=1S/C34H38FN6O8P/c1-20(2)26(31(42)46-17-21-11-6-5-7-12-21)40-50(44,49-24-16-10-14-22-13-8-9-15-23(22)24)47-18-25-28(35)34(3,43)32(48-25)41-19-37-27-29(41)38-33(36)39-30(27)45-4/h5-16,19-20,25-26,28,32,43H,17-18H2,1-4H3,(H,40,44)(H2,36,38,39)/t25-,26+,28-,32-,34-,50?/m1/s1. The van der Waals surface area contributed by atoms with Crippen LogP contribution in [0.15, 0.2) is 79.1 Å². The predicted molar refractivity (Wildman–Crippen MR) is 182 cm³/mol. The van der Waals surface area contributed by atoms with Crippen LogP contribution in [0.1, 0.15) is 32.6 Å². The summed E-state index contributed by atoms with van der Waals surface area (Å²) >= 11 is 0. The van der Waals surface area contributed by atoms with Gasteiger partial charge in [-0.2, -0.15) is 15.1 Å². The molecule has 0 radical (unpaired) electrons. The molecule has 5 aromatic rings. The van der Waals surface area contributed by atoms with Crippen molar-refractivity contribution in [3.05, 3.63) is 84.7 Å². The molecule has 1 aliphatic rings. The van der Waals surface area contributed by atoms with Crippen molar-refractivity contribution in [3.8, 4) is 11.6 Å². The van der Waals surface area contributed by atoms with Crippen LogP contribution < -0.4 is 20.1 Å². The number of nitrogen functional groups attached to an aromatic ring is 1. The Morgan fingerprint density at radius 2 is 1.84 bits per heavy atom. The zero-order valence-electron chi connectivity index (χ0n) is 27.8. The van der Waals surface area contributed by atoms with E-state index in [0.717, 1.165) is 10.9 Å². The summed E-state index contributed by atoms with van der Waals surface area (Å²) in [5.74, 6) is -0.982. The Morgan fingerprint density at radius 1 is 1.12 bits per heavy atom. The highest BCUT2D eigenvalue weighted by molar-refractivity contribution is 7.52. The lowest BCUT2D eigenvalue weighted by Crippen LogP contribution is -2.43. The van der Waals surface area contributed by atoms with Crippen molar-refractivity contribution in [2.45, 2.75) is 57.5 Å². The van der Waals surface area contributed by atoms with Gasteiger partial charge in [-0.3, -0.25) is 13.9 Å². The van der Waals surface area contributed by atoms with Gasteiger partial charge in [0.2, 0.25) is 11.8 Å². The topological polar surface area (TPSA) is 182 Å². The molecule has 1 fully saturated rings. The lowest BCUT2D eigenvalue weighted by atomic mass is 9.98. The minimum atomic E-state index is -4.51. The first-order valence-electron chi connectivity index (χ1n) is 15.9. The fraction of sp³-hybridized carbons (Fsp3) is 0.353. The SMILES string of the molecule is COc1nc(N)nc2c1ncn2[C@@H]1O[C@H](COP(=O)(N[C@H](C(=O)OCc2ccccc2)C(C)C)Oc2cccc3ccccc23)[C@@H](F)[C@@]1(C)O. The molecule has 1 saturated heterocycles. The van der Waals surface area contributed by atoms with Crippen LogP contribution in [0.2, 0.25) is 0 Å². The number of aliphatic hydroxyl groups is 1. The summed E-state index contributed by atoms with van der Waals surface area (Å²) in [6.45, 7) is 4.06. The number of benzene rings is 3. The van der Waals surface area contributed by atoms with E-state index in [2.05, 4.69) is 20.0 Å². The number of halogens is 1. The molecule has 6 atom stereocenters. The minimum absolute atomic E-state index is 0.0127. The van der Waals surface area contributed by atoms with E-state index in [-0.39, 0.29) is 35.3 Å². The third-order valence-electron chi connectivity index (χ3n) is 8.36. The number of nitrogens with one attached hydrogen (secondary N) is 1. The second-order valence-electron chi connectivity index (χ2n) is 12.4. The summed E-state index contributed by atoms with van der Waals surface area (Å²) in [7, 11) is -3.13. The van der Waals surface area contributed by atoms with Gasteiger partial charge in [0, 0.05) is 5.39 Å². The van der Waals surface area contributed by atoms with Gasteiger partial charge in [0.15, 0.2) is 23.6 Å². The maximum absolute atomic E-state index is 16.0. The highest BCUT2D eigenvalue weighted by Gasteiger charge is 2.55. The van der Waals surface area contributed by atoms with E-state index in [9.17, 15) is 14.5 Å². The number of hydrogen-bond donors (Lipinski definition) is 3. The monoisotopic (exact) mass is 708 g/mol. The van der Waals surface area contributed by atoms with E-state index in [0.29, 0.717) is 5.39 Å². The molecule has 3 aromatic carbocycles. The first kappa shape index (κ1) is 35.2. The van der Waals surface area contributed by atoms with E-state index >= 15 is 4.39 Å². The summed E-state index contributed by atoms with van der Waals surface area (Å²) < 4.78 is 60.8. The predicted octanol–water partition coefficient (Wildman–Crippen LogP) is 5.12. The van der Waals surface area contributed by atoms with E-state index < -0.39 is 56.4 Å². The molecule has 2 aromatic heterocycles. The van der Waals surface area contributed by atoms with Crippen molar-refractivity contribution in [1.29, 1.82) is 0 Å². The number of carbonyl (C=O) groups excluding carboxylic acids is 1. The van der Waals surface area contributed by atoms with Crippen LogP contribution in [0.5, 0.6) is 11.6 Å². The van der Waals surface area contributed by atoms with Crippen LogP contribution in [0.3, 0.4) is 0 Å². The van der Waals surface area contributed by atoms with Crippen LogP contribution >= 0.6 is 7.75 Å². The number of rotatable bonds is 13. The van der Waals surface area contributed by atoms with Crippen LogP contribution in [0.4, 0.5) is 10.3 Å². The van der Waals surface area contributed by atoms with Gasteiger partial charge in [-0.05, 0) is 29.9 Å². The van der Waals surface area contributed by atoms with Crippen molar-refractivity contribution in [2.24, 2.45) is 5.92 Å². The Labute approximate surface area is 287 Å². The van der Waals surface area contributed by atoms with Crippen LogP contribution in [0, 0.1) is 5.92 Å². The Bertz CT molecular complexity index is 2020. The summed E-state index contributed by atoms with van der Waals surface area (Å²) in [5, 5.41) is 15.5. The van der Waals surface area contributed by atoms with Crippen molar-refractivity contribution in [2.75, 3.05) is 19.5 Å². The smallest absolute Gasteiger partial charge is 0.459 e. The second kappa shape index (κ2) is 14.3.